The number of aliphatic hydroxyl groups excluding tert-OH is 2. The molecule has 0 saturated heterocycles. The number of hydrogen-bond acceptors (Lipinski definition) is 11. The Kier molecular flexibility index (Phi) is 11.5. The number of hydrogen-bond donors (Lipinski definition) is 4. The average Bonchev–Trinajstić information content (AvgIpc) is 3.40. The number of ketones is 1. The van der Waals surface area contributed by atoms with Crippen molar-refractivity contribution in [2.75, 3.05) is 26.0 Å². The molecule has 10 atom stereocenters. The van der Waals surface area contributed by atoms with E-state index >= 15 is 4.39 Å². The Balaban J connectivity index is 0.897. The summed E-state index contributed by atoms with van der Waals surface area (Å²) in [6, 6.07) is 14.0. The van der Waals surface area contributed by atoms with Gasteiger partial charge in [-0.2, -0.15) is 0 Å². The van der Waals surface area contributed by atoms with Crippen LogP contribution in [0.5, 0.6) is 0 Å². The Morgan fingerprint density at radius 1 is 0.983 bits per heavy atom. The van der Waals surface area contributed by atoms with E-state index in [1.807, 2.05) is 38.4 Å². The van der Waals surface area contributed by atoms with Gasteiger partial charge in [-0.25, -0.2) is 4.39 Å². The van der Waals surface area contributed by atoms with Gasteiger partial charge in [0.15, 0.2) is 12.3 Å². The van der Waals surface area contributed by atoms with Gasteiger partial charge in [-0.05, 0) is 93.3 Å². The van der Waals surface area contributed by atoms with Crippen molar-refractivity contribution in [2.24, 2.45) is 28.6 Å². The summed E-state index contributed by atoms with van der Waals surface area (Å²) in [5.41, 5.74) is -3.58. The van der Waals surface area contributed by atoms with Crippen molar-refractivity contribution in [3.8, 4) is 0 Å². The second-order valence-corrected chi connectivity index (χ2v) is 17.6. The first-order valence-electron chi connectivity index (χ1n) is 20.3. The van der Waals surface area contributed by atoms with E-state index in [1.165, 1.54) is 6.08 Å². The van der Waals surface area contributed by atoms with Gasteiger partial charge in [-0.1, -0.05) is 68.0 Å². The molecule has 4 aliphatic carbocycles. The molecule has 3 saturated carbocycles. The van der Waals surface area contributed by atoms with E-state index in [1.54, 1.807) is 74.5 Å². The first-order valence-corrected chi connectivity index (χ1v) is 20.3. The summed E-state index contributed by atoms with van der Waals surface area (Å²) >= 11 is 0. The minimum Gasteiger partial charge on any atom is -0.461 e. The van der Waals surface area contributed by atoms with Gasteiger partial charge in [0.2, 0.25) is 11.7 Å². The number of Topliss-reactive ketones (excluding diaryl/α,β-unsaturated/α-hetero) is 1. The van der Waals surface area contributed by atoms with Gasteiger partial charge in [-0.3, -0.25) is 29.1 Å². The number of benzene rings is 2. The monoisotopic (exact) mass is 811 g/mol. The summed E-state index contributed by atoms with van der Waals surface area (Å²) in [7, 11) is 3.62. The highest BCUT2D eigenvalue weighted by Gasteiger charge is 2.75. The van der Waals surface area contributed by atoms with Crippen molar-refractivity contribution < 1.29 is 48.4 Å². The summed E-state index contributed by atoms with van der Waals surface area (Å²) in [4.78, 5) is 58.4. The SMILES string of the molecule is C[C@@H]1C[C@H]2[C@@H]3CCC4=CC(O)C=C[C@]4(C)[C@@]3(F)[C@@H](O)C[C@]2(C)[C@@]1(O)C(=O)COC(=O)CCC(=O)OCc1ccc([C@H](C(=O)Nc2ccc3cnccc3c2)N(C)C)cc1. The van der Waals surface area contributed by atoms with Crippen LogP contribution in [-0.2, 0) is 35.3 Å². The number of aromatic nitrogens is 1. The zero-order valence-electron chi connectivity index (χ0n) is 34.2. The van der Waals surface area contributed by atoms with E-state index in [-0.39, 0.29) is 31.8 Å². The van der Waals surface area contributed by atoms with Gasteiger partial charge in [-0.15, -0.1) is 0 Å². The van der Waals surface area contributed by atoms with Crippen LogP contribution in [0.3, 0.4) is 0 Å². The number of anilines is 1. The lowest BCUT2D eigenvalue weighted by atomic mass is 9.44. The molecule has 4 aliphatic rings. The fourth-order valence-corrected chi connectivity index (χ4v) is 10.9. The molecular formula is C46H54FN3O9. The Labute approximate surface area is 343 Å². The molecule has 314 valence electrons. The van der Waals surface area contributed by atoms with Gasteiger partial charge in [0.1, 0.15) is 18.2 Å². The van der Waals surface area contributed by atoms with Crippen molar-refractivity contribution in [2.45, 2.75) is 95.4 Å². The molecule has 3 aromatic rings. The Morgan fingerprint density at radius 3 is 2.41 bits per heavy atom. The quantitative estimate of drug-likeness (QED) is 0.133. The summed E-state index contributed by atoms with van der Waals surface area (Å²) in [5, 5.41) is 38.9. The molecular weight excluding hydrogens is 758 g/mol. The van der Waals surface area contributed by atoms with Crippen LogP contribution in [0.2, 0.25) is 0 Å². The standard InChI is InChI=1S/C46H54FN3O9/c1-27-20-36-35-13-11-32-22-34(51)16-18-43(32,2)45(35,47)37(52)23-44(36,3)46(27,57)38(53)26-59-40(55)15-14-39(54)58-25-28-6-8-29(9-7-28)41(50(4)5)42(56)49-33-12-10-31-24-48-19-17-30(31)21-33/h6-10,12,16-19,21-22,24,27,34-37,41,51-52,57H,11,13-15,20,23,25-26H2,1-5H3,(H,49,56)/t27-,34?,35+,36+,37+,41-,43+,44+,45+,46+/m1/s1. The second kappa shape index (κ2) is 16.0. The predicted molar refractivity (Wildman–Crippen MR) is 217 cm³/mol. The van der Waals surface area contributed by atoms with Crippen LogP contribution < -0.4 is 5.32 Å². The Morgan fingerprint density at radius 2 is 1.69 bits per heavy atom. The Hall–Kier alpha value is -4.82. The lowest BCUT2D eigenvalue weighted by Gasteiger charge is -2.62. The van der Waals surface area contributed by atoms with E-state index < -0.39 is 82.4 Å². The minimum atomic E-state index is -2.07. The number of carbonyl (C=O) groups excluding carboxylic acids is 4. The number of nitrogens with zero attached hydrogens (tertiary/aromatic N) is 2. The first kappa shape index (κ1) is 42.3. The molecule has 0 aliphatic heterocycles. The van der Waals surface area contributed by atoms with Crippen LogP contribution in [0.15, 0.2) is 84.7 Å². The lowest BCUT2D eigenvalue weighted by Crippen LogP contribution is -2.69. The third-order valence-electron chi connectivity index (χ3n) is 14.0. The number of allylic oxidation sites excluding steroid dienone is 2. The third-order valence-corrected chi connectivity index (χ3v) is 14.0. The number of alkyl halides is 1. The van der Waals surface area contributed by atoms with Crippen LogP contribution in [0.1, 0.15) is 76.5 Å². The molecule has 12 nitrogen and oxygen atoms in total. The average molecular weight is 812 g/mol. The van der Waals surface area contributed by atoms with Crippen molar-refractivity contribution in [1.29, 1.82) is 0 Å². The first-order chi connectivity index (χ1) is 27.9. The number of fused-ring (bicyclic) bond motifs is 6. The van der Waals surface area contributed by atoms with Crippen molar-refractivity contribution in [3.05, 3.63) is 95.9 Å². The lowest BCUT2D eigenvalue weighted by molar-refractivity contribution is -0.220. The maximum absolute atomic E-state index is 17.5. The largest absolute Gasteiger partial charge is 0.461 e. The van der Waals surface area contributed by atoms with Crippen molar-refractivity contribution in [1.82, 2.24) is 9.88 Å². The number of ether oxygens (including phenoxy) is 2. The predicted octanol–water partition coefficient (Wildman–Crippen LogP) is 5.55. The van der Waals surface area contributed by atoms with Crippen LogP contribution >= 0.6 is 0 Å². The molecule has 59 heavy (non-hydrogen) atoms. The molecule has 0 bridgehead atoms. The van der Waals surface area contributed by atoms with Gasteiger partial charge in [0, 0.05) is 40.2 Å². The fourth-order valence-electron chi connectivity index (χ4n) is 10.9. The zero-order valence-corrected chi connectivity index (χ0v) is 34.2. The number of rotatable bonds is 12. The van der Waals surface area contributed by atoms with Crippen LogP contribution in [0.4, 0.5) is 10.1 Å². The van der Waals surface area contributed by atoms with E-state index in [0.717, 1.165) is 21.9 Å². The molecule has 13 heteroatoms. The fraction of sp³-hybridized carbons (Fsp3) is 0.500. The third kappa shape index (κ3) is 7.30. The molecule has 1 heterocycles. The maximum Gasteiger partial charge on any atom is 0.306 e. The molecule has 2 aromatic carbocycles. The molecule has 1 amide bonds. The number of esters is 2. The van der Waals surface area contributed by atoms with Crippen molar-refractivity contribution >= 4 is 40.1 Å². The highest BCUT2D eigenvalue weighted by molar-refractivity contribution is 5.97. The van der Waals surface area contributed by atoms with Gasteiger partial charge >= 0.3 is 11.9 Å². The molecule has 1 aromatic heterocycles. The Bertz CT molecular complexity index is 2190. The summed E-state index contributed by atoms with van der Waals surface area (Å²) in [6.07, 6.45) is 6.42. The van der Waals surface area contributed by atoms with Gasteiger partial charge in [0.25, 0.3) is 0 Å². The smallest absolute Gasteiger partial charge is 0.306 e. The van der Waals surface area contributed by atoms with Crippen LogP contribution in [0.25, 0.3) is 10.8 Å². The van der Waals surface area contributed by atoms with Crippen molar-refractivity contribution in [3.63, 3.8) is 0 Å². The van der Waals surface area contributed by atoms with E-state index in [9.17, 15) is 34.5 Å². The summed E-state index contributed by atoms with van der Waals surface area (Å²) in [5.74, 6) is -4.11. The highest BCUT2D eigenvalue weighted by Crippen LogP contribution is 2.70. The van der Waals surface area contributed by atoms with E-state index in [2.05, 4.69) is 10.3 Å². The minimum absolute atomic E-state index is 0.0654. The van der Waals surface area contributed by atoms with Crippen LogP contribution in [0, 0.1) is 28.6 Å². The number of aliphatic hydroxyl groups is 3. The van der Waals surface area contributed by atoms with Gasteiger partial charge < -0.3 is 30.1 Å². The van der Waals surface area contributed by atoms with Gasteiger partial charge in [0.05, 0.1) is 25.0 Å². The molecule has 7 rings (SSSR count). The topological polar surface area (TPSA) is 176 Å². The number of nitrogens with one attached hydrogen (secondary N) is 1. The van der Waals surface area contributed by atoms with Crippen LogP contribution in [-0.4, -0.2) is 93.0 Å². The number of likely N-dealkylation sites (N-methyl/N-ethyl adjacent to an activating group) is 1. The molecule has 3 fully saturated rings. The normalized spacial score (nSPS) is 32.6. The van der Waals surface area contributed by atoms with E-state index in [0.29, 0.717) is 30.5 Å². The second-order valence-electron chi connectivity index (χ2n) is 17.6. The molecule has 4 N–H and O–H groups in total. The zero-order chi connectivity index (χ0) is 42.5. The summed E-state index contributed by atoms with van der Waals surface area (Å²) in [6.45, 7) is 4.41. The maximum atomic E-state index is 17.5. The number of amides is 1. The molecule has 0 radical (unpaired) electrons. The number of halogens is 1. The number of pyridine rings is 1. The van der Waals surface area contributed by atoms with E-state index in [4.69, 9.17) is 9.47 Å². The molecule has 0 spiro atoms. The highest BCUT2D eigenvalue weighted by atomic mass is 19.1. The molecule has 1 unspecified atom stereocenters. The number of carbonyl (C=O) groups is 4. The summed E-state index contributed by atoms with van der Waals surface area (Å²) < 4.78 is 28.1.